The maximum atomic E-state index is 14.9. The topological polar surface area (TPSA) is 91.9 Å². The van der Waals surface area contributed by atoms with E-state index in [1.807, 2.05) is 0 Å². The van der Waals surface area contributed by atoms with Crippen molar-refractivity contribution in [2.24, 2.45) is 0 Å². The number of hydrogen-bond donors (Lipinski definition) is 3. The molecule has 3 N–H and O–H groups in total. The Balaban J connectivity index is 1.52. The number of pyridine rings is 3. The fourth-order valence-electron chi connectivity index (χ4n) is 3.77. The molecule has 5 rings (SSSR count). The van der Waals surface area contributed by atoms with E-state index in [1.54, 1.807) is 19.2 Å². The minimum absolute atomic E-state index is 0.0747. The van der Waals surface area contributed by atoms with Crippen molar-refractivity contribution in [3.8, 4) is 22.6 Å². The fourth-order valence-corrected chi connectivity index (χ4v) is 4.21. The monoisotopic (exact) mass is 539 g/mol. The Labute approximate surface area is 219 Å². The third-order valence-electron chi connectivity index (χ3n) is 5.53. The first-order valence-corrected chi connectivity index (χ1v) is 11.6. The van der Waals surface area contributed by atoms with Gasteiger partial charge in [-0.2, -0.15) is 0 Å². The molecule has 0 spiro atoms. The van der Waals surface area contributed by atoms with Crippen LogP contribution in [-0.2, 0) is 0 Å². The van der Waals surface area contributed by atoms with E-state index in [-0.39, 0.29) is 49.6 Å². The molecule has 0 unspecified atom stereocenters. The van der Waals surface area contributed by atoms with Gasteiger partial charge in [-0.3, -0.25) is 4.79 Å². The molecule has 11 heteroatoms. The van der Waals surface area contributed by atoms with Gasteiger partial charge in [0.1, 0.15) is 22.5 Å². The van der Waals surface area contributed by atoms with E-state index in [0.717, 1.165) is 0 Å². The summed E-state index contributed by atoms with van der Waals surface area (Å²) in [5.74, 6) is -0.595. The van der Waals surface area contributed by atoms with Crippen molar-refractivity contribution in [3.05, 3.63) is 99.0 Å². The molecular weight excluding hydrogens is 523 g/mol. The van der Waals surface area contributed by atoms with Gasteiger partial charge in [-0.25, -0.2) is 18.7 Å². The zero-order valence-electron chi connectivity index (χ0n) is 19.1. The Morgan fingerprint density at radius 3 is 2.51 bits per heavy atom. The van der Waals surface area contributed by atoms with Crippen LogP contribution in [0, 0.1) is 11.6 Å². The van der Waals surface area contributed by atoms with Crippen molar-refractivity contribution in [3.63, 3.8) is 0 Å². The van der Waals surface area contributed by atoms with Crippen molar-refractivity contribution in [1.82, 2.24) is 15.0 Å². The standard InChI is InChI=1S/C26H17Cl2F2N5O2/c1-31-26-22(28)20(8-9-32-26)37-19-7-6-13(10-18(19)30)35-25-21-23(16(27)12-34-25)33-11-15(24(21)36)14-4-2-3-5-17(14)29/h2-12H,1H3,(H,31,32)(H,33,36)(H,34,35). The molecule has 0 amide bonds. The summed E-state index contributed by atoms with van der Waals surface area (Å²) in [5.41, 5.74) is 0.318. The normalized spacial score (nSPS) is 10.9. The first kappa shape index (κ1) is 24.5. The van der Waals surface area contributed by atoms with Crippen LogP contribution in [0.5, 0.6) is 11.5 Å². The number of hydrogen-bond acceptors (Lipinski definition) is 6. The van der Waals surface area contributed by atoms with Crippen molar-refractivity contribution in [1.29, 1.82) is 0 Å². The quantitative estimate of drug-likeness (QED) is 0.212. The van der Waals surface area contributed by atoms with Crippen LogP contribution >= 0.6 is 23.2 Å². The van der Waals surface area contributed by atoms with Gasteiger partial charge in [-0.15, -0.1) is 0 Å². The lowest BCUT2D eigenvalue weighted by molar-refractivity contribution is 0.442. The van der Waals surface area contributed by atoms with Crippen LogP contribution in [-0.4, -0.2) is 22.0 Å². The van der Waals surface area contributed by atoms with E-state index < -0.39 is 17.1 Å². The molecule has 0 fully saturated rings. The molecule has 0 bridgehead atoms. The van der Waals surface area contributed by atoms with Crippen LogP contribution in [0.1, 0.15) is 0 Å². The van der Waals surface area contributed by atoms with E-state index in [9.17, 15) is 13.6 Å². The zero-order valence-corrected chi connectivity index (χ0v) is 20.6. The molecule has 0 saturated carbocycles. The minimum Gasteiger partial charge on any atom is -0.453 e. The molecule has 0 aliphatic carbocycles. The predicted octanol–water partition coefficient (Wildman–Crippen LogP) is 7.15. The van der Waals surface area contributed by atoms with Crippen molar-refractivity contribution < 1.29 is 13.5 Å². The summed E-state index contributed by atoms with van der Waals surface area (Å²) in [5, 5.41) is 6.26. The smallest absolute Gasteiger partial charge is 0.201 e. The molecule has 2 aromatic carbocycles. The lowest BCUT2D eigenvalue weighted by Gasteiger charge is -2.13. The SMILES string of the molecule is CNc1nccc(Oc2ccc(Nc3ncc(Cl)c4[nH]cc(-c5ccccc5F)c(=O)c34)cc2F)c1Cl. The molecule has 0 aliphatic heterocycles. The first-order chi connectivity index (χ1) is 17.9. The highest BCUT2D eigenvalue weighted by atomic mass is 35.5. The molecule has 0 radical (unpaired) electrons. The summed E-state index contributed by atoms with van der Waals surface area (Å²) < 4.78 is 35.0. The Morgan fingerprint density at radius 1 is 0.946 bits per heavy atom. The molecule has 3 aromatic heterocycles. The molecule has 7 nitrogen and oxygen atoms in total. The van der Waals surface area contributed by atoms with Crippen molar-refractivity contribution in [2.75, 3.05) is 17.7 Å². The van der Waals surface area contributed by atoms with Gasteiger partial charge in [0.25, 0.3) is 0 Å². The lowest BCUT2D eigenvalue weighted by Crippen LogP contribution is -2.11. The second kappa shape index (κ2) is 10.0. The number of nitrogens with one attached hydrogen (secondary N) is 3. The van der Waals surface area contributed by atoms with E-state index in [4.69, 9.17) is 27.9 Å². The average Bonchev–Trinajstić information content (AvgIpc) is 2.89. The Bertz CT molecular complexity index is 1710. The molecule has 186 valence electrons. The van der Waals surface area contributed by atoms with Gasteiger partial charge >= 0.3 is 0 Å². The number of rotatable bonds is 6. The number of nitrogens with zero attached hydrogens (tertiary/aromatic N) is 2. The van der Waals surface area contributed by atoms with Gasteiger partial charge < -0.3 is 20.4 Å². The molecule has 0 aliphatic rings. The molecule has 5 aromatic rings. The lowest BCUT2D eigenvalue weighted by atomic mass is 10.0. The third kappa shape index (κ3) is 4.66. The predicted molar refractivity (Wildman–Crippen MR) is 141 cm³/mol. The highest BCUT2D eigenvalue weighted by Gasteiger charge is 2.18. The van der Waals surface area contributed by atoms with E-state index in [1.165, 1.54) is 55.0 Å². The summed E-state index contributed by atoms with van der Waals surface area (Å²) >= 11 is 12.5. The highest BCUT2D eigenvalue weighted by molar-refractivity contribution is 6.35. The van der Waals surface area contributed by atoms with Gasteiger partial charge in [-0.05, 0) is 18.2 Å². The van der Waals surface area contributed by atoms with Gasteiger partial charge in [0, 0.05) is 48.4 Å². The minimum atomic E-state index is -0.692. The Kier molecular flexibility index (Phi) is 6.64. The zero-order chi connectivity index (χ0) is 26.1. The number of H-pyrrole nitrogens is 1. The third-order valence-corrected chi connectivity index (χ3v) is 6.19. The number of halogens is 4. The molecular formula is C26H17Cl2F2N5O2. The second-order valence-electron chi connectivity index (χ2n) is 7.81. The van der Waals surface area contributed by atoms with Crippen LogP contribution in [0.25, 0.3) is 22.0 Å². The number of ether oxygens (including phenoxy) is 1. The molecule has 37 heavy (non-hydrogen) atoms. The van der Waals surface area contributed by atoms with E-state index in [2.05, 4.69) is 25.6 Å². The highest BCUT2D eigenvalue weighted by Crippen LogP contribution is 2.35. The van der Waals surface area contributed by atoms with E-state index >= 15 is 0 Å². The number of aromatic amines is 1. The van der Waals surface area contributed by atoms with Crippen LogP contribution in [0.3, 0.4) is 0 Å². The molecule has 0 saturated heterocycles. The maximum Gasteiger partial charge on any atom is 0.201 e. The summed E-state index contributed by atoms with van der Waals surface area (Å²) in [6.45, 7) is 0. The Hall–Kier alpha value is -4.21. The van der Waals surface area contributed by atoms with Crippen LogP contribution < -0.4 is 20.8 Å². The maximum absolute atomic E-state index is 14.9. The Morgan fingerprint density at radius 2 is 1.76 bits per heavy atom. The van der Waals surface area contributed by atoms with Gasteiger partial charge in [0.15, 0.2) is 17.3 Å². The number of fused-ring (bicyclic) bond motifs is 1. The van der Waals surface area contributed by atoms with Gasteiger partial charge in [-0.1, -0.05) is 41.4 Å². The molecule has 0 atom stereocenters. The largest absolute Gasteiger partial charge is 0.453 e. The molecule has 3 heterocycles. The number of benzene rings is 2. The van der Waals surface area contributed by atoms with Crippen LogP contribution in [0.2, 0.25) is 10.0 Å². The van der Waals surface area contributed by atoms with Crippen molar-refractivity contribution >= 4 is 51.4 Å². The van der Waals surface area contributed by atoms with E-state index in [0.29, 0.717) is 11.3 Å². The van der Waals surface area contributed by atoms with Crippen LogP contribution in [0.15, 0.2) is 71.9 Å². The van der Waals surface area contributed by atoms with Gasteiger partial charge in [0.05, 0.1) is 22.1 Å². The number of aromatic nitrogens is 3. The summed E-state index contributed by atoms with van der Waals surface area (Å²) in [4.78, 5) is 24.6. The fraction of sp³-hybridized carbons (Fsp3) is 0.0385. The summed E-state index contributed by atoms with van der Waals surface area (Å²) in [6.07, 6.45) is 4.23. The summed E-state index contributed by atoms with van der Waals surface area (Å²) in [6, 6.07) is 11.6. The second-order valence-corrected chi connectivity index (χ2v) is 8.60. The number of anilines is 3. The first-order valence-electron chi connectivity index (χ1n) is 10.9. The van der Waals surface area contributed by atoms with Crippen molar-refractivity contribution in [2.45, 2.75) is 0 Å². The van der Waals surface area contributed by atoms with Crippen LogP contribution in [0.4, 0.5) is 26.1 Å². The summed E-state index contributed by atoms with van der Waals surface area (Å²) in [7, 11) is 1.65. The average molecular weight is 540 g/mol. The van der Waals surface area contributed by atoms with Gasteiger partial charge in [0.2, 0.25) is 5.43 Å².